The van der Waals surface area contributed by atoms with E-state index in [9.17, 15) is 13.8 Å². The Kier molecular flexibility index (Phi) is 16.1. The zero-order valence-electron chi connectivity index (χ0n) is 30.1. The zero-order valence-corrected chi connectivity index (χ0v) is 31.0. The lowest BCUT2D eigenvalue weighted by Crippen LogP contribution is -2.38. The molecule has 0 bridgehead atoms. The second-order valence-corrected chi connectivity index (χ2v) is 14.9. The number of unbranched alkanes of at least 4 members (excludes halogenated alkanes) is 13. The Morgan fingerprint density at radius 3 is 2.33 bits per heavy atom. The van der Waals surface area contributed by atoms with Crippen molar-refractivity contribution in [2.45, 2.75) is 134 Å². The molecule has 1 aliphatic heterocycles. The monoisotopic (exact) mass is 728 g/mol. The van der Waals surface area contributed by atoms with Crippen molar-refractivity contribution in [3.05, 3.63) is 42.7 Å². The lowest BCUT2D eigenvalue weighted by Gasteiger charge is -2.28. The molecule has 1 fully saturated rings. The van der Waals surface area contributed by atoms with Gasteiger partial charge in [0.05, 0.1) is 19.5 Å². The fraction of sp³-hybridized carbons (Fsp3) is 0.622. The van der Waals surface area contributed by atoms with E-state index < -0.39 is 37.7 Å². The number of para-hydroxylation sites is 1. The number of carbonyl (C=O) groups excluding carboxylic acids is 1. The maximum atomic E-state index is 14.1. The van der Waals surface area contributed by atoms with Crippen LogP contribution < -0.4 is 15.3 Å². The lowest BCUT2D eigenvalue weighted by atomic mass is 10.0. The molecule has 0 saturated carbocycles. The number of fused-ring (bicyclic) bond motifs is 1. The summed E-state index contributed by atoms with van der Waals surface area (Å²) in [7, 11) is -4.20. The minimum atomic E-state index is -4.20. The highest BCUT2D eigenvalue weighted by Gasteiger charge is 2.44. The van der Waals surface area contributed by atoms with E-state index in [1.165, 1.54) is 88.4 Å². The van der Waals surface area contributed by atoms with Crippen LogP contribution in [0.4, 0.5) is 10.2 Å². The molecule has 0 aliphatic carbocycles. The summed E-state index contributed by atoms with van der Waals surface area (Å²) in [5.41, 5.74) is 4.86. The Morgan fingerprint density at radius 2 is 1.71 bits per heavy atom. The van der Waals surface area contributed by atoms with Crippen molar-refractivity contribution in [1.82, 2.24) is 24.6 Å². The summed E-state index contributed by atoms with van der Waals surface area (Å²) in [6, 6.07) is 7.44. The number of benzene rings is 1. The maximum absolute atomic E-state index is 14.1. The van der Waals surface area contributed by atoms with E-state index in [-0.39, 0.29) is 35.9 Å². The van der Waals surface area contributed by atoms with Crippen LogP contribution in [0.5, 0.6) is 5.75 Å². The average Bonchev–Trinajstić information content (AvgIpc) is 3.74. The second kappa shape index (κ2) is 20.5. The molecule has 0 radical (unpaired) electrons. The molecular weight excluding hydrogens is 674 g/mol. The number of aromatic nitrogens is 4. The number of hydrogen-bond donors (Lipinski definition) is 2. The van der Waals surface area contributed by atoms with Crippen LogP contribution in [0.25, 0.3) is 11.2 Å². The predicted octanol–water partition coefficient (Wildman–Crippen LogP) is 8.43. The van der Waals surface area contributed by atoms with Crippen LogP contribution in [0.1, 0.15) is 123 Å². The molecule has 280 valence electrons. The number of nitrogens with one attached hydrogen (secondary N) is 1. The molecule has 3 heterocycles. The van der Waals surface area contributed by atoms with E-state index in [1.54, 1.807) is 30.3 Å². The number of ether oxygens (including phenoxy) is 2. The Labute approximate surface area is 301 Å². The topological polar surface area (TPSA) is 153 Å². The molecule has 4 rings (SSSR count). The summed E-state index contributed by atoms with van der Waals surface area (Å²) >= 11 is 0. The third-order valence-electron chi connectivity index (χ3n) is 9.04. The fourth-order valence-corrected chi connectivity index (χ4v) is 7.63. The molecule has 0 amide bonds. The largest absolute Gasteiger partial charge is 0.465 e. The number of halogens is 1. The SMILES string of the molecule is C#C[C@@]1(COP(=O)(N[C@@H](C)C(=O)OCCCCCCCCCCCCCCCC)Oc2ccccc2)CC[C@H](n2cnc3c(N)nc(F)nc32)O1. The van der Waals surface area contributed by atoms with Crippen molar-refractivity contribution in [3.8, 4) is 18.1 Å². The highest BCUT2D eigenvalue weighted by Crippen LogP contribution is 2.48. The molecule has 0 spiro atoms. The van der Waals surface area contributed by atoms with Crippen LogP contribution in [0, 0.1) is 18.4 Å². The van der Waals surface area contributed by atoms with Gasteiger partial charge in [-0.1, -0.05) is 115 Å². The molecule has 51 heavy (non-hydrogen) atoms. The number of imidazole rings is 1. The summed E-state index contributed by atoms with van der Waals surface area (Å²) < 4.78 is 52.9. The first-order valence-corrected chi connectivity index (χ1v) is 20.0. The van der Waals surface area contributed by atoms with Crippen molar-refractivity contribution in [2.24, 2.45) is 0 Å². The highest BCUT2D eigenvalue weighted by atomic mass is 31.2. The van der Waals surface area contributed by atoms with Crippen LogP contribution in [0.15, 0.2) is 36.7 Å². The fourth-order valence-electron chi connectivity index (χ4n) is 6.09. The van der Waals surface area contributed by atoms with Crippen LogP contribution in [0.3, 0.4) is 0 Å². The number of esters is 1. The van der Waals surface area contributed by atoms with E-state index in [0.717, 1.165) is 19.3 Å². The van der Waals surface area contributed by atoms with Gasteiger partial charge < -0.3 is 19.7 Å². The maximum Gasteiger partial charge on any atom is 0.459 e. The predicted molar refractivity (Wildman–Crippen MR) is 195 cm³/mol. The number of nitrogens with zero attached hydrogens (tertiary/aromatic N) is 4. The van der Waals surface area contributed by atoms with Gasteiger partial charge in [-0.3, -0.25) is 13.9 Å². The molecule has 12 nitrogen and oxygen atoms in total. The normalized spacial score (nSPS) is 19.1. The van der Waals surface area contributed by atoms with E-state index >= 15 is 0 Å². The van der Waals surface area contributed by atoms with Gasteiger partial charge >= 0.3 is 19.8 Å². The summed E-state index contributed by atoms with van der Waals surface area (Å²) in [5, 5.41) is 2.71. The van der Waals surface area contributed by atoms with Gasteiger partial charge in [-0.25, -0.2) is 9.55 Å². The first kappa shape index (κ1) is 40.2. The number of nitrogen functional groups attached to an aromatic ring is 1. The Balaban J connectivity index is 1.22. The Hall–Kier alpha value is -3.56. The molecule has 14 heteroatoms. The van der Waals surface area contributed by atoms with Crippen molar-refractivity contribution < 1.29 is 32.3 Å². The third-order valence-corrected chi connectivity index (χ3v) is 10.7. The first-order valence-electron chi connectivity index (χ1n) is 18.4. The van der Waals surface area contributed by atoms with Gasteiger partial charge in [0.2, 0.25) is 0 Å². The van der Waals surface area contributed by atoms with Gasteiger partial charge in [0, 0.05) is 0 Å². The summed E-state index contributed by atoms with van der Waals surface area (Å²) in [6.07, 6.45) is 23.6. The van der Waals surface area contributed by atoms with Crippen LogP contribution >= 0.6 is 7.75 Å². The van der Waals surface area contributed by atoms with E-state index in [1.807, 2.05) is 0 Å². The molecule has 3 aromatic rings. The van der Waals surface area contributed by atoms with Crippen LogP contribution in [-0.4, -0.2) is 50.3 Å². The third kappa shape index (κ3) is 12.6. The van der Waals surface area contributed by atoms with Gasteiger partial charge in [0.25, 0.3) is 0 Å². The van der Waals surface area contributed by atoms with Crippen molar-refractivity contribution in [1.29, 1.82) is 0 Å². The van der Waals surface area contributed by atoms with E-state index in [4.69, 9.17) is 30.7 Å². The van der Waals surface area contributed by atoms with Gasteiger partial charge in [0.15, 0.2) is 22.6 Å². The average molecular weight is 729 g/mol. The molecule has 1 aliphatic rings. The van der Waals surface area contributed by atoms with E-state index in [0.29, 0.717) is 12.8 Å². The zero-order chi connectivity index (χ0) is 36.5. The van der Waals surface area contributed by atoms with Gasteiger partial charge in [-0.15, -0.1) is 6.42 Å². The van der Waals surface area contributed by atoms with Crippen molar-refractivity contribution >= 4 is 30.7 Å². The second-order valence-electron chi connectivity index (χ2n) is 13.2. The number of terminal acetylenes is 1. The summed E-state index contributed by atoms with van der Waals surface area (Å²) in [5.74, 6) is 2.21. The van der Waals surface area contributed by atoms with Gasteiger partial charge in [0.1, 0.15) is 18.0 Å². The van der Waals surface area contributed by atoms with Crippen LogP contribution in [-0.2, 0) is 23.4 Å². The number of carbonyl (C=O) groups is 1. The number of anilines is 1. The minimum Gasteiger partial charge on any atom is -0.465 e. The van der Waals surface area contributed by atoms with Crippen LogP contribution in [0.2, 0.25) is 0 Å². The molecule has 1 saturated heterocycles. The quantitative estimate of drug-likeness (QED) is 0.0300. The standard InChI is InChI=1S/C37H54FN6O6P/c1-4-6-7-8-9-10-11-12-13-14-15-16-17-21-26-47-35(45)29(3)43-51(46,50-30-22-19-18-20-23-30)48-27-37(5-2)25-24-31(49-37)44-28-40-32-33(39)41-36(38)42-34(32)44/h2,18-20,22-23,28-29,31H,4,6-17,21,24-27H2,1,3H3,(H,43,46)(H2,39,41,42)/t29-,31+,37-,51?/m0/s1. The number of hydrogen-bond acceptors (Lipinski definition) is 10. The molecule has 4 atom stereocenters. The molecule has 1 unspecified atom stereocenters. The highest BCUT2D eigenvalue weighted by molar-refractivity contribution is 7.52. The smallest absolute Gasteiger partial charge is 0.459 e. The minimum absolute atomic E-state index is 0.0990. The molecule has 1 aromatic carbocycles. The first-order chi connectivity index (χ1) is 24.7. The van der Waals surface area contributed by atoms with Gasteiger partial charge in [-0.2, -0.15) is 19.4 Å². The molecular formula is C37H54FN6O6P. The van der Waals surface area contributed by atoms with Gasteiger partial charge in [-0.05, 0) is 38.3 Å². The lowest BCUT2D eigenvalue weighted by molar-refractivity contribution is -0.145. The van der Waals surface area contributed by atoms with E-state index in [2.05, 4.69) is 32.9 Å². The number of nitrogens with two attached hydrogens (primary N) is 1. The Morgan fingerprint density at radius 1 is 1.08 bits per heavy atom. The summed E-state index contributed by atoms with van der Waals surface area (Å²) in [6.45, 7) is 3.72. The molecule has 3 N–H and O–H groups in total. The van der Waals surface area contributed by atoms with Crippen molar-refractivity contribution in [2.75, 3.05) is 18.9 Å². The summed E-state index contributed by atoms with van der Waals surface area (Å²) in [4.78, 5) is 24.4. The van der Waals surface area contributed by atoms with Crippen molar-refractivity contribution in [3.63, 3.8) is 0 Å². The molecule has 2 aromatic heterocycles. The number of rotatable bonds is 24. The Bertz CT molecular complexity index is 1600.